The van der Waals surface area contributed by atoms with Crippen LogP contribution in [0.5, 0.6) is 5.88 Å². The maximum absolute atomic E-state index is 13.5. The Morgan fingerprint density at radius 1 is 1.19 bits per heavy atom. The van der Waals surface area contributed by atoms with Crippen molar-refractivity contribution in [2.45, 2.75) is 45.2 Å². The number of aromatic nitrogens is 1. The molecule has 1 saturated heterocycles. The monoisotopic (exact) mass is 553 g/mol. The number of piperidine rings is 1. The van der Waals surface area contributed by atoms with Crippen molar-refractivity contribution in [1.82, 2.24) is 15.6 Å². The van der Waals surface area contributed by atoms with Gasteiger partial charge in [0.2, 0.25) is 5.88 Å². The van der Waals surface area contributed by atoms with Gasteiger partial charge in [-0.3, -0.25) is 0 Å². The Kier molecular flexibility index (Phi) is 9.37. The lowest BCUT2D eigenvalue weighted by Crippen LogP contribution is -2.48. The third-order valence-corrected chi connectivity index (χ3v) is 5.74. The normalized spacial score (nSPS) is 16.9. The molecule has 2 aromatic rings. The first-order valence-corrected chi connectivity index (χ1v) is 11.3. The zero-order valence-corrected chi connectivity index (χ0v) is 20.9. The summed E-state index contributed by atoms with van der Waals surface area (Å²) >= 11 is 0. The summed E-state index contributed by atoms with van der Waals surface area (Å²) in [6, 6.07) is 11.1. The fraction of sp³-hybridized carbons (Fsp3) is 0.500. The highest BCUT2D eigenvalue weighted by Crippen LogP contribution is 2.29. The van der Waals surface area contributed by atoms with Crippen LogP contribution in [0.15, 0.2) is 47.6 Å². The van der Waals surface area contributed by atoms with Crippen LogP contribution in [-0.4, -0.2) is 43.2 Å². The number of nitrogens with one attached hydrogen (secondary N) is 2. The van der Waals surface area contributed by atoms with Gasteiger partial charge in [-0.1, -0.05) is 6.07 Å². The van der Waals surface area contributed by atoms with E-state index in [0.29, 0.717) is 24.4 Å². The zero-order valence-electron chi connectivity index (χ0n) is 18.6. The molecule has 1 aromatic carbocycles. The average molecular weight is 553 g/mol. The van der Waals surface area contributed by atoms with Crippen LogP contribution in [0.25, 0.3) is 0 Å². The number of hydrogen-bond acceptors (Lipinski definition) is 4. The smallest absolute Gasteiger partial charge is 0.213 e. The van der Waals surface area contributed by atoms with Gasteiger partial charge in [-0.2, -0.15) is 0 Å². The molecule has 32 heavy (non-hydrogen) atoms. The van der Waals surface area contributed by atoms with Gasteiger partial charge >= 0.3 is 0 Å². The second kappa shape index (κ2) is 12.2. The number of hydrogen-bond donors (Lipinski definition) is 2. The van der Waals surface area contributed by atoms with E-state index in [0.717, 1.165) is 56.3 Å². The molecule has 174 valence electrons. The molecule has 1 saturated carbocycles. The van der Waals surface area contributed by atoms with Crippen molar-refractivity contribution in [3.63, 3.8) is 0 Å². The van der Waals surface area contributed by atoms with Crippen LogP contribution in [0.1, 0.15) is 38.2 Å². The van der Waals surface area contributed by atoms with Crippen molar-refractivity contribution in [2.24, 2.45) is 10.9 Å². The Morgan fingerprint density at radius 2 is 2.00 bits per heavy atom. The van der Waals surface area contributed by atoms with E-state index in [4.69, 9.17) is 9.73 Å². The summed E-state index contributed by atoms with van der Waals surface area (Å²) in [6.45, 7) is 6.00. The first kappa shape index (κ1) is 24.5. The quantitative estimate of drug-likeness (QED) is 0.289. The summed E-state index contributed by atoms with van der Waals surface area (Å²) < 4.78 is 19.3. The fourth-order valence-electron chi connectivity index (χ4n) is 3.75. The van der Waals surface area contributed by atoms with Crippen molar-refractivity contribution < 1.29 is 9.13 Å². The molecule has 0 unspecified atom stereocenters. The van der Waals surface area contributed by atoms with Crippen molar-refractivity contribution >= 4 is 35.6 Å². The van der Waals surface area contributed by atoms with Crippen LogP contribution in [-0.2, 0) is 6.54 Å². The van der Waals surface area contributed by atoms with E-state index in [9.17, 15) is 4.39 Å². The molecular weight excluding hydrogens is 520 g/mol. The molecule has 8 heteroatoms. The fourth-order valence-corrected chi connectivity index (χ4v) is 3.75. The first-order chi connectivity index (χ1) is 15.2. The minimum atomic E-state index is -0.184. The Labute approximate surface area is 207 Å². The van der Waals surface area contributed by atoms with Crippen LogP contribution >= 0.6 is 24.0 Å². The van der Waals surface area contributed by atoms with Crippen LogP contribution in [0.2, 0.25) is 0 Å². The summed E-state index contributed by atoms with van der Waals surface area (Å²) in [5.74, 6) is 2.03. The number of anilines is 1. The largest absolute Gasteiger partial charge is 0.477 e. The molecule has 1 aliphatic carbocycles. The molecule has 0 atom stereocenters. The summed E-state index contributed by atoms with van der Waals surface area (Å²) in [5.41, 5.74) is 2.04. The lowest BCUT2D eigenvalue weighted by Gasteiger charge is -2.34. The van der Waals surface area contributed by atoms with Gasteiger partial charge in [0.1, 0.15) is 5.82 Å². The number of pyridine rings is 1. The van der Waals surface area contributed by atoms with E-state index < -0.39 is 0 Å². The second-order valence-electron chi connectivity index (χ2n) is 8.34. The van der Waals surface area contributed by atoms with Gasteiger partial charge < -0.3 is 20.3 Å². The van der Waals surface area contributed by atoms with Crippen LogP contribution in [0.3, 0.4) is 0 Å². The lowest BCUT2D eigenvalue weighted by atomic mass is 10.0. The number of nitrogens with zero attached hydrogens (tertiary/aromatic N) is 3. The highest BCUT2D eigenvalue weighted by Gasteiger charge is 2.22. The van der Waals surface area contributed by atoms with E-state index >= 15 is 0 Å². The van der Waals surface area contributed by atoms with Crippen LogP contribution in [0.4, 0.5) is 10.1 Å². The highest BCUT2D eigenvalue weighted by atomic mass is 127. The number of halogens is 2. The zero-order chi connectivity index (χ0) is 21.5. The van der Waals surface area contributed by atoms with E-state index in [-0.39, 0.29) is 29.8 Å². The molecule has 2 heterocycles. The van der Waals surface area contributed by atoms with E-state index in [2.05, 4.69) is 27.4 Å². The van der Waals surface area contributed by atoms with E-state index in [1.165, 1.54) is 18.9 Å². The van der Waals surface area contributed by atoms with Gasteiger partial charge in [0, 0.05) is 43.6 Å². The second-order valence-corrected chi connectivity index (χ2v) is 8.34. The van der Waals surface area contributed by atoms with Gasteiger partial charge in [-0.05, 0) is 68.4 Å². The van der Waals surface area contributed by atoms with Crippen LogP contribution in [0, 0.1) is 11.7 Å². The third kappa shape index (κ3) is 7.50. The number of aliphatic imine (C=N–C) groups is 1. The van der Waals surface area contributed by atoms with E-state index in [1.54, 1.807) is 18.3 Å². The molecule has 4 rings (SSSR count). The maximum Gasteiger partial charge on any atom is 0.213 e. The standard InChI is InChI=1S/C24H32FN5O.HI/c1-2-26-24(28-16-19-8-11-27-23(14-19)31-17-18-6-7-18)29-21-9-12-30(13-10-21)22-5-3-4-20(25)15-22;/h3-5,8,11,14-15,18,21H,2,6-7,9-10,12-13,16-17H2,1H3,(H2,26,28,29);1H. The van der Waals surface area contributed by atoms with Crippen molar-refractivity contribution in [3.8, 4) is 5.88 Å². The predicted octanol–water partition coefficient (Wildman–Crippen LogP) is 4.35. The molecule has 2 fully saturated rings. The summed E-state index contributed by atoms with van der Waals surface area (Å²) in [4.78, 5) is 11.3. The topological polar surface area (TPSA) is 61.8 Å². The van der Waals surface area contributed by atoms with Gasteiger partial charge in [-0.15, -0.1) is 24.0 Å². The Hall–Kier alpha value is -2.10. The minimum absolute atomic E-state index is 0. The molecule has 2 N–H and O–H groups in total. The van der Waals surface area contributed by atoms with Crippen LogP contribution < -0.4 is 20.3 Å². The average Bonchev–Trinajstić information content (AvgIpc) is 3.62. The van der Waals surface area contributed by atoms with Gasteiger partial charge in [0.25, 0.3) is 0 Å². The Morgan fingerprint density at radius 3 is 2.72 bits per heavy atom. The summed E-state index contributed by atoms with van der Waals surface area (Å²) in [5, 5.41) is 6.91. The van der Waals surface area contributed by atoms with Crippen molar-refractivity contribution in [1.29, 1.82) is 0 Å². The predicted molar refractivity (Wildman–Crippen MR) is 137 cm³/mol. The number of rotatable bonds is 8. The lowest BCUT2D eigenvalue weighted by molar-refractivity contribution is 0.288. The minimum Gasteiger partial charge on any atom is -0.477 e. The first-order valence-electron chi connectivity index (χ1n) is 11.3. The van der Waals surface area contributed by atoms with Crippen molar-refractivity contribution in [2.75, 3.05) is 31.1 Å². The van der Waals surface area contributed by atoms with E-state index in [1.807, 2.05) is 18.2 Å². The van der Waals surface area contributed by atoms with Gasteiger partial charge in [0.05, 0.1) is 13.2 Å². The Bertz CT molecular complexity index is 884. The van der Waals surface area contributed by atoms with Crippen molar-refractivity contribution in [3.05, 3.63) is 54.0 Å². The maximum atomic E-state index is 13.5. The molecular formula is C24H33FIN5O. The number of ether oxygens (including phenoxy) is 1. The molecule has 2 aliphatic rings. The number of benzene rings is 1. The molecule has 1 aromatic heterocycles. The molecule has 6 nitrogen and oxygen atoms in total. The number of guanidine groups is 1. The Balaban J connectivity index is 0.00000289. The summed E-state index contributed by atoms with van der Waals surface area (Å²) in [7, 11) is 0. The highest BCUT2D eigenvalue weighted by molar-refractivity contribution is 14.0. The molecule has 1 aliphatic heterocycles. The molecule has 0 spiro atoms. The summed E-state index contributed by atoms with van der Waals surface area (Å²) in [6.07, 6.45) is 6.28. The molecule has 0 bridgehead atoms. The molecule has 0 radical (unpaired) electrons. The van der Waals surface area contributed by atoms with Gasteiger partial charge in [-0.25, -0.2) is 14.4 Å². The SMILES string of the molecule is CCNC(=NCc1ccnc(OCC2CC2)c1)NC1CCN(c2cccc(F)c2)CC1.I. The van der Waals surface area contributed by atoms with Gasteiger partial charge in [0.15, 0.2) is 5.96 Å². The third-order valence-electron chi connectivity index (χ3n) is 5.74. The molecule has 0 amide bonds.